The summed E-state index contributed by atoms with van der Waals surface area (Å²) in [5, 5.41) is 0. The summed E-state index contributed by atoms with van der Waals surface area (Å²) < 4.78 is 30.6. The van der Waals surface area contributed by atoms with Crippen LogP contribution in [0.25, 0.3) is 0 Å². The Labute approximate surface area is 111 Å². The van der Waals surface area contributed by atoms with Crippen LogP contribution in [0.15, 0.2) is 24.3 Å². The number of Topliss-reactive ketones (excluding diaryl/α,β-unsaturated/α-hetero) is 1. The van der Waals surface area contributed by atoms with Crippen LogP contribution in [0.3, 0.4) is 0 Å². The van der Waals surface area contributed by atoms with Gasteiger partial charge in [0.2, 0.25) is 0 Å². The van der Waals surface area contributed by atoms with Crippen molar-refractivity contribution in [2.24, 2.45) is 0 Å². The Morgan fingerprint density at radius 3 is 2.42 bits per heavy atom. The van der Waals surface area contributed by atoms with Crippen LogP contribution in [0.1, 0.15) is 15.9 Å². The summed E-state index contributed by atoms with van der Waals surface area (Å²) in [6.07, 6.45) is 0.803. The first kappa shape index (κ1) is 15.3. The van der Waals surface area contributed by atoms with Crippen LogP contribution in [0.2, 0.25) is 0 Å². The zero-order valence-electron chi connectivity index (χ0n) is 10.6. The number of hydrogen-bond donors (Lipinski definition) is 0. The lowest BCUT2D eigenvalue weighted by Gasteiger charge is -2.07. The number of carbonyl (C=O) groups is 2. The SMILES string of the molecule is COC(=O)Cc1ccccc1C(=O)COS(C)(=O)=O. The molecule has 0 N–H and O–H groups in total. The maximum atomic E-state index is 11.8. The van der Waals surface area contributed by atoms with E-state index in [1.165, 1.54) is 13.2 Å². The molecule has 0 saturated heterocycles. The average Bonchev–Trinajstić information content (AvgIpc) is 2.35. The normalized spacial score (nSPS) is 11.1. The summed E-state index contributed by atoms with van der Waals surface area (Å²) in [5.74, 6) is -0.991. The highest BCUT2D eigenvalue weighted by molar-refractivity contribution is 7.86. The van der Waals surface area contributed by atoms with Gasteiger partial charge in [-0.05, 0) is 5.56 Å². The smallest absolute Gasteiger partial charge is 0.310 e. The molecule has 0 atom stereocenters. The fourth-order valence-electron chi connectivity index (χ4n) is 1.41. The standard InChI is InChI=1S/C12H14O6S/c1-17-12(14)7-9-5-3-4-6-10(9)11(13)8-18-19(2,15)16/h3-6H,7-8H2,1-2H3. The van der Waals surface area contributed by atoms with Crippen LogP contribution in [-0.4, -0.2) is 40.1 Å². The van der Waals surface area contributed by atoms with E-state index in [4.69, 9.17) is 0 Å². The molecule has 7 heteroatoms. The van der Waals surface area contributed by atoms with Crippen molar-refractivity contribution < 1.29 is 26.9 Å². The number of rotatable bonds is 6. The van der Waals surface area contributed by atoms with E-state index in [-0.39, 0.29) is 12.0 Å². The van der Waals surface area contributed by atoms with Gasteiger partial charge in [-0.1, -0.05) is 24.3 Å². The molecule has 104 valence electrons. The molecule has 0 bridgehead atoms. The van der Waals surface area contributed by atoms with Crippen molar-refractivity contribution in [3.63, 3.8) is 0 Å². The number of carbonyl (C=O) groups excluding carboxylic acids is 2. The Hall–Kier alpha value is -1.73. The van der Waals surface area contributed by atoms with Gasteiger partial charge in [-0.2, -0.15) is 8.42 Å². The minimum Gasteiger partial charge on any atom is -0.469 e. The van der Waals surface area contributed by atoms with Crippen molar-refractivity contribution in [2.45, 2.75) is 6.42 Å². The molecule has 0 radical (unpaired) electrons. The number of hydrogen-bond acceptors (Lipinski definition) is 6. The Morgan fingerprint density at radius 2 is 1.84 bits per heavy atom. The van der Waals surface area contributed by atoms with Gasteiger partial charge < -0.3 is 4.74 Å². The topological polar surface area (TPSA) is 86.7 Å². The second-order valence-electron chi connectivity index (χ2n) is 3.80. The molecule has 1 aromatic carbocycles. The quantitative estimate of drug-likeness (QED) is 0.431. The Balaban J connectivity index is 2.87. The molecule has 0 aliphatic carbocycles. The predicted octanol–water partition coefficient (Wildman–Crippen LogP) is 0.561. The molecule has 0 saturated carbocycles. The monoisotopic (exact) mass is 286 g/mol. The lowest BCUT2D eigenvalue weighted by atomic mass is 10.0. The Kier molecular flexibility index (Phi) is 5.20. The van der Waals surface area contributed by atoms with Crippen molar-refractivity contribution in [1.29, 1.82) is 0 Å². The molecule has 0 unspecified atom stereocenters. The minimum atomic E-state index is -3.68. The number of ketones is 1. The highest BCUT2D eigenvalue weighted by Crippen LogP contribution is 2.11. The molecule has 0 amide bonds. The molecular weight excluding hydrogens is 272 g/mol. The molecule has 19 heavy (non-hydrogen) atoms. The van der Waals surface area contributed by atoms with Crippen LogP contribution in [0.4, 0.5) is 0 Å². The van der Waals surface area contributed by atoms with Crippen LogP contribution in [0, 0.1) is 0 Å². The molecule has 6 nitrogen and oxygen atoms in total. The second kappa shape index (κ2) is 6.44. The minimum absolute atomic E-state index is 0.0582. The van der Waals surface area contributed by atoms with Gasteiger partial charge in [-0.15, -0.1) is 0 Å². The molecule has 1 rings (SSSR count). The number of methoxy groups -OCH3 is 1. The summed E-state index contributed by atoms with van der Waals surface area (Å²) in [6.45, 7) is -0.586. The van der Waals surface area contributed by atoms with Gasteiger partial charge >= 0.3 is 5.97 Å². The Morgan fingerprint density at radius 1 is 1.21 bits per heavy atom. The lowest BCUT2D eigenvalue weighted by molar-refractivity contribution is -0.139. The first-order chi connectivity index (χ1) is 8.83. The highest BCUT2D eigenvalue weighted by atomic mass is 32.2. The number of benzene rings is 1. The summed E-state index contributed by atoms with van der Waals surface area (Å²) in [5.41, 5.74) is 0.716. The zero-order chi connectivity index (χ0) is 14.5. The van der Waals surface area contributed by atoms with E-state index in [1.807, 2.05) is 0 Å². The zero-order valence-corrected chi connectivity index (χ0v) is 11.4. The maximum Gasteiger partial charge on any atom is 0.310 e. The van der Waals surface area contributed by atoms with E-state index in [2.05, 4.69) is 8.92 Å². The van der Waals surface area contributed by atoms with Crippen LogP contribution in [0.5, 0.6) is 0 Å². The largest absolute Gasteiger partial charge is 0.469 e. The van der Waals surface area contributed by atoms with E-state index < -0.39 is 28.5 Å². The van der Waals surface area contributed by atoms with Crippen LogP contribution < -0.4 is 0 Å². The average molecular weight is 286 g/mol. The lowest BCUT2D eigenvalue weighted by Crippen LogP contribution is -2.16. The third kappa shape index (κ3) is 5.19. The molecule has 0 spiro atoms. The molecular formula is C12H14O6S. The van der Waals surface area contributed by atoms with Gasteiger partial charge in [0.15, 0.2) is 5.78 Å². The first-order valence-electron chi connectivity index (χ1n) is 5.36. The molecule has 0 heterocycles. The molecule has 0 fully saturated rings. The van der Waals surface area contributed by atoms with E-state index in [9.17, 15) is 18.0 Å². The second-order valence-corrected chi connectivity index (χ2v) is 5.44. The third-order valence-corrected chi connectivity index (χ3v) is 2.83. The summed E-state index contributed by atoms with van der Waals surface area (Å²) >= 11 is 0. The maximum absolute atomic E-state index is 11.8. The summed E-state index contributed by atoms with van der Waals surface area (Å²) in [4.78, 5) is 23.1. The van der Waals surface area contributed by atoms with Gasteiger partial charge in [-0.25, -0.2) is 0 Å². The molecule has 1 aromatic rings. The fraction of sp³-hybridized carbons (Fsp3) is 0.333. The van der Waals surface area contributed by atoms with Gasteiger partial charge in [0, 0.05) is 5.56 Å². The van der Waals surface area contributed by atoms with E-state index in [0.29, 0.717) is 5.56 Å². The van der Waals surface area contributed by atoms with Gasteiger partial charge in [-0.3, -0.25) is 13.8 Å². The number of esters is 1. The fourth-order valence-corrected chi connectivity index (χ4v) is 1.73. The van der Waals surface area contributed by atoms with Crippen LogP contribution >= 0.6 is 0 Å². The van der Waals surface area contributed by atoms with Gasteiger partial charge in [0.25, 0.3) is 10.1 Å². The van der Waals surface area contributed by atoms with Crippen molar-refractivity contribution in [1.82, 2.24) is 0 Å². The summed E-state index contributed by atoms with van der Waals surface area (Å²) in [7, 11) is -2.43. The Bertz CT molecular complexity index is 576. The first-order valence-corrected chi connectivity index (χ1v) is 7.17. The van der Waals surface area contributed by atoms with Crippen molar-refractivity contribution in [3.05, 3.63) is 35.4 Å². The van der Waals surface area contributed by atoms with Crippen molar-refractivity contribution >= 4 is 21.9 Å². The molecule has 0 aliphatic rings. The van der Waals surface area contributed by atoms with Crippen LogP contribution in [-0.2, 0) is 30.3 Å². The molecule has 0 aliphatic heterocycles. The van der Waals surface area contributed by atoms with E-state index in [1.54, 1.807) is 18.2 Å². The van der Waals surface area contributed by atoms with Crippen molar-refractivity contribution in [3.8, 4) is 0 Å². The number of ether oxygens (including phenoxy) is 1. The highest BCUT2D eigenvalue weighted by Gasteiger charge is 2.15. The molecule has 0 aromatic heterocycles. The van der Waals surface area contributed by atoms with Crippen molar-refractivity contribution in [2.75, 3.05) is 20.0 Å². The third-order valence-electron chi connectivity index (χ3n) is 2.28. The van der Waals surface area contributed by atoms with Gasteiger partial charge in [0.05, 0.1) is 19.8 Å². The van der Waals surface area contributed by atoms with E-state index >= 15 is 0 Å². The predicted molar refractivity (Wildman–Crippen MR) is 67.3 cm³/mol. The van der Waals surface area contributed by atoms with E-state index in [0.717, 1.165) is 6.26 Å². The van der Waals surface area contributed by atoms with Gasteiger partial charge in [0.1, 0.15) is 6.61 Å². The summed E-state index contributed by atoms with van der Waals surface area (Å²) in [6, 6.07) is 6.40.